The van der Waals surface area contributed by atoms with E-state index in [1.54, 1.807) is 12.1 Å². The van der Waals surface area contributed by atoms with E-state index in [0.717, 1.165) is 54.9 Å². The molecule has 110 valence electrons. The standard InChI is InChI=1S/C16H16Cl2N2O/c17-12-5-4-10(14(18)9-12)8-11-2-1-3-13(15(11)21)16-19-6-7-20-16/h4-5,8-9,19-20H,1-3,6-7H2. The highest BCUT2D eigenvalue weighted by Crippen LogP contribution is 2.30. The number of carbonyl (C=O) groups excluding carboxylic acids is 1. The molecule has 0 spiro atoms. The van der Waals surface area contributed by atoms with Gasteiger partial charge in [0.2, 0.25) is 0 Å². The molecule has 0 bridgehead atoms. The van der Waals surface area contributed by atoms with Gasteiger partial charge in [0.05, 0.1) is 0 Å². The lowest BCUT2D eigenvalue weighted by Crippen LogP contribution is -2.22. The Morgan fingerprint density at radius 1 is 1.10 bits per heavy atom. The van der Waals surface area contributed by atoms with Crippen molar-refractivity contribution in [2.75, 3.05) is 13.1 Å². The third kappa shape index (κ3) is 3.09. The van der Waals surface area contributed by atoms with Crippen molar-refractivity contribution in [3.63, 3.8) is 0 Å². The van der Waals surface area contributed by atoms with E-state index in [-0.39, 0.29) is 5.78 Å². The van der Waals surface area contributed by atoms with Gasteiger partial charge < -0.3 is 10.6 Å². The van der Waals surface area contributed by atoms with Crippen molar-refractivity contribution in [3.05, 3.63) is 50.8 Å². The second kappa shape index (κ2) is 6.12. The van der Waals surface area contributed by atoms with Crippen LogP contribution in [0.5, 0.6) is 0 Å². The van der Waals surface area contributed by atoms with Crippen molar-refractivity contribution in [3.8, 4) is 0 Å². The summed E-state index contributed by atoms with van der Waals surface area (Å²) < 4.78 is 0. The molecule has 0 atom stereocenters. The summed E-state index contributed by atoms with van der Waals surface area (Å²) in [6.45, 7) is 1.74. The van der Waals surface area contributed by atoms with Crippen molar-refractivity contribution >= 4 is 35.1 Å². The fourth-order valence-electron chi connectivity index (χ4n) is 2.71. The minimum Gasteiger partial charge on any atom is -0.370 e. The van der Waals surface area contributed by atoms with Gasteiger partial charge in [-0.2, -0.15) is 0 Å². The molecule has 1 aliphatic carbocycles. The van der Waals surface area contributed by atoms with Gasteiger partial charge in [-0.25, -0.2) is 0 Å². The summed E-state index contributed by atoms with van der Waals surface area (Å²) in [5, 5.41) is 7.64. The smallest absolute Gasteiger partial charge is 0.188 e. The van der Waals surface area contributed by atoms with Crippen LogP contribution in [0.15, 0.2) is 35.2 Å². The molecule has 0 amide bonds. The Balaban J connectivity index is 1.92. The van der Waals surface area contributed by atoms with Gasteiger partial charge in [-0.05, 0) is 43.0 Å². The SMILES string of the molecule is O=C1C(=Cc2ccc(Cl)cc2Cl)CCCC1=C1NCCN1. The highest BCUT2D eigenvalue weighted by molar-refractivity contribution is 6.35. The average Bonchev–Trinajstić information content (AvgIpc) is 2.98. The normalized spacial score (nSPS) is 20.7. The Morgan fingerprint density at radius 3 is 2.57 bits per heavy atom. The quantitative estimate of drug-likeness (QED) is 0.777. The Bertz CT molecular complexity index is 642. The van der Waals surface area contributed by atoms with Gasteiger partial charge in [0.1, 0.15) is 5.82 Å². The second-order valence-electron chi connectivity index (χ2n) is 5.23. The molecule has 2 fully saturated rings. The molecule has 5 heteroatoms. The molecule has 0 unspecified atom stereocenters. The minimum atomic E-state index is 0.115. The zero-order chi connectivity index (χ0) is 14.8. The fraction of sp³-hybridized carbons (Fsp3) is 0.312. The van der Waals surface area contributed by atoms with E-state index >= 15 is 0 Å². The summed E-state index contributed by atoms with van der Waals surface area (Å²) in [5.41, 5.74) is 2.50. The van der Waals surface area contributed by atoms with E-state index in [1.807, 2.05) is 12.1 Å². The Labute approximate surface area is 134 Å². The van der Waals surface area contributed by atoms with E-state index in [1.165, 1.54) is 0 Å². The molecule has 1 aliphatic heterocycles. The van der Waals surface area contributed by atoms with Crippen molar-refractivity contribution in [2.45, 2.75) is 19.3 Å². The number of nitrogens with one attached hydrogen (secondary N) is 2. The van der Waals surface area contributed by atoms with Gasteiger partial charge in [0, 0.05) is 34.3 Å². The molecule has 1 saturated carbocycles. The van der Waals surface area contributed by atoms with Crippen LogP contribution in [0.25, 0.3) is 6.08 Å². The largest absolute Gasteiger partial charge is 0.370 e. The Kier molecular flexibility index (Phi) is 4.22. The van der Waals surface area contributed by atoms with Crippen LogP contribution < -0.4 is 10.6 Å². The molecule has 1 aromatic rings. The molecule has 3 nitrogen and oxygen atoms in total. The number of halogens is 2. The monoisotopic (exact) mass is 322 g/mol. The number of Topliss-reactive ketones (excluding diaryl/α,β-unsaturated/α-hetero) is 1. The first-order valence-corrected chi connectivity index (χ1v) is 7.82. The predicted octanol–water partition coefficient (Wildman–Crippen LogP) is 3.53. The van der Waals surface area contributed by atoms with Gasteiger partial charge >= 0.3 is 0 Å². The molecule has 1 aromatic carbocycles. The first-order valence-electron chi connectivity index (χ1n) is 7.06. The Hall–Kier alpha value is -1.45. The molecular formula is C16H16Cl2N2O. The second-order valence-corrected chi connectivity index (χ2v) is 6.07. The van der Waals surface area contributed by atoms with Crippen molar-refractivity contribution in [1.29, 1.82) is 0 Å². The molecule has 0 aromatic heterocycles. The number of allylic oxidation sites excluding steroid dienone is 2. The fourth-order valence-corrected chi connectivity index (χ4v) is 3.17. The number of benzene rings is 1. The topological polar surface area (TPSA) is 41.1 Å². The van der Waals surface area contributed by atoms with Crippen molar-refractivity contribution < 1.29 is 4.79 Å². The number of hydrogen-bond donors (Lipinski definition) is 2. The average molecular weight is 323 g/mol. The van der Waals surface area contributed by atoms with Crippen LogP contribution in [0.4, 0.5) is 0 Å². The zero-order valence-electron chi connectivity index (χ0n) is 11.5. The van der Waals surface area contributed by atoms with Crippen LogP contribution >= 0.6 is 23.2 Å². The summed E-state index contributed by atoms with van der Waals surface area (Å²) in [6, 6.07) is 5.33. The van der Waals surface area contributed by atoms with Crippen LogP contribution in [-0.4, -0.2) is 18.9 Å². The number of hydrogen-bond acceptors (Lipinski definition) is 3. The van der Waals surface area contributed by atoms with Crippen molar-refractivity contribution in [2.24, 2.45) is 0 Å². The first-order chi connectivity index (χ1) is 10.1. The van der Waals surface area contributed by atoms with Gasteiger partial charge in [-0.3, -0.25) is 4.79 Å². The lowest BCUT2D eigenvalue weighted by molar-refractivity contribution is -0.113. The van der Waals surface area contributed by atoms with Gasteiger partial charge in [0.25, 0.3) is 0 Å². The lowest BCUT2D eigenvalue weighted by atomic mass is 9.87. The van der Waals surface area contributed by atoms with Gasteiger partial charge in [-0.15, -0.1) is 0 Å². The molecule has 0 radical (unpaired) electrons. The highest BCUT2D eigenvalue weighted by atomic mass is 35.5. The van der Waals surface area contributed by atoms with Crippen LogP contribution in [0, 0.1) is 0 Å². The maximum Gasteiger partial charge on any atom is 0.188 e. The maximum atomic E-state index is 12.6. The third-order valence-electron chi connectivity index (χ3n) is 3.76. The van der Waals surface area contributed by atoms with E-state index in [9.17, 15) is 4.79 Å². The summed E-state index contributed by atoms with van der Waals surface area (Å²) in [5.74, 6) is 1.01. The molecule has 2 N–H and O–H groups in total. The third-order valence-corrected chi connectivity index (χ3v) is 4.32. The lowest BCUT2D eigenvalue weighted by Gasteiger charge is -2.19. The summed E-state index contributed by atoms with van der Waals surface area (Å²) in [7, 11) is 0. The Morgan fingerprint density at radius 2 is 1.86 bits per heavy atom. The van der Waals surface area contributed by atoms with E-state index in [2.05, 4.69) is 10.6 Å². The molecular weight excluding hydrogens is 307 g/mol. The van der Waals surface area contributed by atoms with E-state index < -0.39 is 0 Å². The molecule has 2 aliphatic rings. The molecule has 3 rings (SSSR count). The maximum absolute atomic E-state index is 12.6. The van der Waals surface area contributed by atoms with Gasteiger partial charge in [0.15, 0.2) is 5.78 Å². The predicted molar refractivity (Wildman–Crippen MR) is 86.3 cm³/mol. The molecule has 1 heterocycles. The van der Waals surface area contributed by atoms with Crippen LogP contribution in [-0.2, 0) is 4.79 Å². The first kappa shape index (κ1) is 14.5. The number of ketones is 1. The van der Waals surface area contributed by atoms with Crippen molar-refractivity contribution in [1.82, 2.24) is 10.6 Å². The van der Waals surface area contributed by atoms with E-state index in [4.69, 9.17) is 23.2 Å². The molecule has 1 saturated heterocycles. The van der Waals surface area contributed by atoms with Crippen LogP contribution in [0.3, 0.4) is 0 Å². The van der Waals surface area contributed by atoms with Crippen LogP contribution in [0.1, 0.15) is 24.8 Å². The minimum absolute atomic E-state index is 0.115. The van der Waals surface area contributed by atoms with E-state index in [0.29, 0.717) is 10.0 Å². The van der Waals surface area contributed by atoms with Gasteiger partial charge in [-0.1, -0.05) is 29.3 Å². The number of rotatable bonds is 1. The summed E-state index contributed by atoms with van der Waals surface area (Å²) >= 11 is 12.1. The summed E-state index contributed by atoms with van der Waals surface area (Å²) in [6.07, 6.45) is 4.47. The van der Waals surface area contributed by atoms with Crippen LogP contribution in [0.2, 0.25) is 10.0 Å². The number of carbonyl (C=O) groups is 1. The highest BCUT2D eigenvalue weighted by Gasteiger charge is 2.25. The zero-order valence-corrected chi connectivity index (χ0v) is 13.0. The summed E-state index contributed by atoms with van der Waals surface area (Å²) in [4.78, 5) is 12.6. The molecule has 21 heavy (non-hydrogen) atoms.